The molecule has 0 fully saturated rings. The van der Waals surface area contributed by atoms with Gasteiger partial charge in [0.05, 0.1) is 11.3 Å². The maximum atomic E-state index is 11.9. The summed E-state index contributed by atoms with van der Waals surface area (Å²) >= 11 is 0. The number of nitrogens with one attached hydrogen (secondary N) is 1. The fraction of sp³-hybridized carbons (Fsp3) is 0. The predicted molar refractivity (Wildman–Crippen MR) is 65.3 cm³/mol. The molecule has 1 aliphatic heterocycles. The van der Waals surface area contributed by atoms with Crippen molar-refractivity contribution in [3.8, 4) is 11.5 Å². The smallest absolute Gasteiger partial charge is 0.259 e. The zero-order valence-corrected chi connectivity index (χ0v) is 8.94. The van der Waals surface area contributed by atoms with Crippen LogP contribution in [-0.4, -0.2) is 5.91 Å². The number of hydrogen-bond donors (Lipinski definition) is 2. The summed E-state index contributed by atoms with van der Waals surface area (Å²) in [6, 6.07) is 12.2. The van der Waals surface area contributed by atoms with Crippen LogP contribution in [0.5, 0.6) is 11.5 Å². The van der Waals surface area contributed by atoms with Crippen molar-refractivity contribution in [1.82, 2.24) is 0 Å². The zero-order valence-electron chi connectivity index (χ0n) is 8.94. The molecular weight excluding hydrogens is 216 g/mol. The number of benzene rings is 2. The molecule has 0 aliphatic carbocycles. The predicted octanol–water partition coefficient (Wildman–Crippen LogP) is 2.63. The lowest BCUT2D eigenvalue weighted by atomic mass is 10.2. The molecule has 0 radical (unpaired) electrons. The summed E-state index contributed by atoms with van der Waals surface area (Å²) < 4.78 is 5.69. The number of fused-ring (bicyclic) bond motifs is 2. The second kappa shape index (κ2) is 3.52. The van der Waals surface area contributed by atoms with E-state index in [1.54, 1.807) is 36.4 Å². The van der Waals surface area contributed by atoms with Crippen molar-refractivity contribution in [2.75, 3.05) is 11.1 Å². The molecule has 4 nitrogen and oxygen atoms in total. The van der Waals surface area contributed by atoms with Gasteiger partial charge in [-0.25, -0.2) is 0 Å². The van der Waals surface area contributed by atoms with Gasteiger partial charge in [-0.15, -0.1) is 0 Å². The fourth-order valence-electron chi connectivity index (χ4n) is 1.78. The highest BCUT2D eigenvalue weighted by Crippen LogP contribution is 2.36. The van der Waals surface area contributed by atoms with Crippen molar-refractivity contribution < 1.29 is 9.53 Å². The number of anilines is 2. The highest BCUT2D eigenvalue weighted by Gasteiger charge is 2.19. The number of carbonyl (C=O) groups excluding carboxylic acids is 1. The highest BCUT2D eigenvalue weighted by molar-refractivity contribution is 6.08. The number of carbonyl (C=O) groups is 1. The van der Waals surface area contributed by atoms with E-state index in [-0.39, 0.29) is 5.91 Å². The van der Waals surface area contributed by atoms with Crippen LogP contribution in [0, 0.1) is 0 Å². The summed E-state index contributed by atoms with van der Waals surface area (Å²) in [7, 11) is 0. The summed E-state index contributed by atoms with van der Waals surface area (Å²) in [5.74, 6) is 0.918. The second-order valence-corrected chi connectivity index (χ2v) is 3.81. The lowest BCUT2D eigenvalue weighted by Crippen LogP contribution is -2.10. The SMILES string of the molecule is Nc1ccc2c(c1)Oc1ccccc1C(=O)N2. The van der Waals surface area contributed by atoms with Gasteiger partial charge in [0.2, 0.25) is 0 Å². The first-order valence-electron chi connectivity index (χ1n) is 5.22. The molecule has 0 saturated carbocycles. The molecule has 0 unspecified atom stereocenters. The van der Waals surface area contributed by atoms with Crippen LogP contribution in [0.4, 0.5) is 11.4 Å². The van der Waals surface area contributed by atoms with Gasteiger partial charge in [-0.1, -0.05) is 12.1 Å². The second-order valence-electron chi connectivity index (χ2n) is 3.81. The number of amides is 1. The zero-order chi connectivity index (χ0) is 11.8. The molecule has 4 heteroatoms. The maximum absolute atomic E-state index is 11.9. The van der Waals surface area contributed by atoms with Gasteiger partial charge in [0.15, 0.2) is 5.75 Å². The molecule has 84 valence electrons. The van der Waals surface area contributed by atoms with Crippen molar-refractivity contribution in [2.45, 2.75) is 0 Å². The molecule has 0 atom stereocenters. The number of rotatable bonds is 0. The first-order chi connectivity index (χ1) is 8.24. The first-order valence-corrected chi connectivity index (χ1v) is 5.22. The van der Waals surface area contributed by atoms with Gasteiger partial charge in [-0.05, 0) is 24.3 Å². The quantitative estimate of drug-likeness (QED) is 0.679. The average Bonchev–Trinajstić information content (AvgIpc) is 2.46. The van der Waals surface area contributed by atoms with Crippen molar-refractivity contribution in [3.63, 3.8) is 0 Å². The molecule has 3 N–H and O–H groups in total. The molecule has 2 aromatic rings. The Balaban J connectivity index is 2.18. The number of nitrogens with two attached hydrogens (primary N) is 1. The third-order valence-corrected chi connectivity index (χ3v) is 2.61. The molecule has 1 amide bonds. The standard InChI is InChI=1S/C13H10N2O2/c14-8-5-6-10-12(7-8)17-11-4-2-1-3-9(11)13(16)15-10/h1-7H,14H2,(H,15,16). The first kappa shape index (κ1) is 9.72. The number of para-hydroxylation sites is 1. The van der Waals surface area contributed by atoms with E-state index in [9.17, 15) is 4.79 Å². The number of ether oxygens (including phenoxy) is 1. The van der Waals surface area contributed by atoms with E-state index in [2.05, 4.69) is 5.32 Å². The van der Waals surface area contributed by atoms with Crippen molar-refractivity contribution in [2.24, 2.45) is 0 Å². The third kappa shape index (κ3) is 1.59. The van der Waals surface area contributed by atoms with E-state index in [0.717, 1.165) is 0 Å². The molecule has 0 spiro atoms. The summed E-state index contributed by atoms with van der Waals surface area (Å²) in [5, 5.41) is 2.79. The minimum atomic E-state index is -0.177. The lowest BCUT2D eigenvalue weighted by molar-refractivity contribution is 0.102. The largest absolute Gasteiger partial charge is 0.454 e. The van der Waals surface area contributed by atoms with Gasteiger partial charge in [-0.2, -0.15) is 0 Å². The Kier molecular flexibility index (Phi) is 2.01. The topological polar surface area (TPSA) is 64.3 Å². The van der Waals surface area contributed by atoms with E-state index >= 15 is 0 Å². The van der Waals surface area contributed by atoms with Crippen LogP contribution in [0.25, 0.3) is 0 Å². The van der Waals surface area contributed by atoms with Crippen LogP contribution in [-0.2, 0) is 0 Å². The molecule has 0 bridgehead atoms. The van der Waals surface area contributed by atoms with Gasteiger partial charge >= 0.3 is 0 Å². The highest BCUT2D eigenvalue weighted by atomic mass is 16.5. The van der Waals surface area contributed by atoms with Crippen molar-refractivity contribution in [1.29, 1.82) is 0 Å². The van der Waals surface area contributed by atoms with Crippen molar-refractivity contribution in [3.05, 3.63) is 48.0 Å². The van der Waals surface area contributed by atoms with E-state index < -0.39 is 0 Å². The normalized spacial score (nSPS) is 12.8. The molecule has 2 aromatic carbocycles. The third-order valence-electron chi connectivity index (χ3n) is 2.61. The van der Waals surface area contributed by atoms with E-state index in [0.29, 0.717) is 28.4 Å². The molecule has 3 rings (SSSR count). The van der Waals surface area contributed by atoms with Gasteiger partial charge in [-0.3, -0.25) is 4.79 Å². The molecule has 0 saturated heterocycles. The van der Waals surface area contributed by atoms with E-state index in [1.165, 1.54) is 0 Å². The molecular formula is C13H10N2O2. The van der Waals surface area contributed by atoms with Crippen molar-refractivity contribution >= 4 is 17.3 Å². The van der Waals surface area contributed by atoms with Gasteiger partial charge in [0, 0.05) is 11.8 Å². The fourth-order valence-corrected chi connectivity index (χ4v) is 1.78. The van der Waals surface area contributed by atoms with Crippen LogP contribution >= 0.6 is 0 Å². The van der Waals surface area contributed by atoms with Gasteiger partial charge < -0.3 is 15.8 Å². The van der Waals surface area contributed by atoms with E-state index in [4.69, 9.17) is 10.5 Å². The molecule has 0 aromatic heterocycles. The number of hydrogen-bond acceptors (Lipinski definition) is 3. The molecule has 1 aliphatic rings. The molecule has 1 heterocycles. The Morgan fingerprint density at radius 2 is 1.88 bits per heavy atom. The van der Waals surface area contributed by atoms with Gasteiger partial charge in [0.25, 0.3) is 5.91 Å². The summed E-state index contributed by atoms with van der Waals surface area (Å²) in [5.41, 5.74) is 7.43. The van der Waals surface area contributed by atoms with Gasteiger partial charge in [0.1, 0.15) is 5.75 Å². The Hall–Kier alpha value is -2.49. The number of nitrogen functional groups attached to an aromatic ring is 1. The maximum Gasteiger partial charge on any atom is 0.259 e. The average molecular weight is 226 g/mol. The monoisotopic (exact) mass is 226 g/mol. The summed E-state index contributed by atoms with van der Waals surface area (Å²) in [6.07, 6.45) is 0. The van der Waals surface area contributed by atoms with Crippen LogP contribution < -0.4 is 15.8 Å². The minimum absolute atomic E-state index is 0.177. The van der Waals surface area contributed by atoms with Crippen LogP contribution in [0.15, 0.2) is 42.5 Å². The summed E-state index contributed by atoms with van der Waals surface area (Å²) in [4.78, 5) is 11.9. The minimum Gasteiger partial charge on any atom is -0.454 e. The Bertz CT molecular complexity index is 608. The van der Waals surface area contributed by atoms with Crippen LogP contribution in [0.3, 0.4) is 0 Å². The Morgan fingerprint density at radius 1 is 1.06 bits per heavy atom. The van der Waals surface area contributed by atoms with E-state index in [1.807, 2.05) is 6.07 Å². The Morgan fingerprint density at radius 3 is 2.76 bits per heavy atom. The summed E-state index contributed by atoms with van der Waals surface area (Å²) in [6.45, 7) is 0. The lowest BCUT2D eigenvalue weighted by Gasteiger charge is -2.07. The van der Waals surface area contributed by atoms with Crippen LogP contribution in [0.2, 0.25) is 0 Å². The Labute approximate surface area is 98.0 Å². The molecule has 17 heavy (non-hydrogen) atoms. The van der Waals surface area contributed by atoms with Crippen LogP contribution in [0.1, 0.15) is 10.4 Å².